The van der Waals surface area contributed by atoms with Crippen molar-refractivity contribution in [2.45, 2.75) is 82.4 Å². The number of carbonyl (C=O) groups excluding carboxylic acids is 3. The lowest BCUT2D eigenvalue weighted by atomic mass is 10.1. The highest BCUT2D eigenvalue weighted by atomic mass is 33.1. The smallest absolute Gasteiger partial charge is 0.303 e. The van der Waals surface area contributed by atoms with Gasteiger partial charge in [-0.15, -0.1) is 0 Å². The number of ether oxygens (including phenoxy) is 7. The third-order valence-corrected chi connectivity index (χ3v) is 17.5. The zero-order valence-corrected chi connectivity index (χ0v) is 46.4. The Labute approximate surface area is 463 Å². The molecule has 0 fully saturated rings. The number of nitrogens with one attached hydrogen (secondary N) is 1. The van der Waals surface area contributed by atoms with E-state index in [9.17, 15) is 19.2 Å². The number of carbonyl (C=O) groups is 4. The van der Waals surface area contributed by atoms with Gasteiger partial charge in [0.1, 0.15) is 13.2 Å². The standard InChI is InChI=1S/C59H67N5O12S2/c1-59(2,78-77-24-10-15-56(66)67)17-16-55(65)62(18-19-73-22-23-74-21-20-70-3)42-26-38(36-75-53-32-47-45(30-51(53)71-4)57(68)63-43(34-60-47)28-40-11-6-8-13-49(40)63)25-39(27-42)37-76-54-33-48-46(31-52(54)72-5)58(69)64-44(35-61-48)29-41-12-7-9-14-50(41)64/h6-9,11-14,25-27,30-34,43-44,61H,10,15-24,28-29,35-37H2,1-5H3,(H,66,67)/t43-,44?/m0/s1. The predicted molar refractivity (Wildman–Crippen MR) is 305 cm³/mol. The van der Waals surface area contributed by atoms with Crippen molar-refractivity contribution >= 4 is 79.9 Å². The minimum Gasteiger partial charge on any atom is -0.493 e. The van der Waals surface area contributed by atoms with E-state index >= 15 is 0 Å². The van der Waals surface area contributed by atoms with Gasteiger partial charge in [-0.25, -0.2) is 0 Å². The predicted octanol–water partition coefficient (Wildman–Crippen LogP) is 9.96. The van der Waals surface area contributed by atoms with Crippen LogP contribution in [0.4, 0.5) is 28.4 Å². The van der Waals surface area contributed by atoms with E-state index in [0.29, 0.717) is 120 Å². The molecule has 78 heavy (non-hydrogen) atoms. The van der Waals surface area contributed by atoms with Crippen molar-refractivity contribution in [2.75, 3.05) is 93.2 Å². The highest BCUT2D eigenvalue weighted by Crippen LogP contribution is 2.44. The quantitative estimate of drug-likeness (QED) is 0.0373. The van der Waals surface area contributed by atoms with Crippen LogP contribution in [0.25, 0.3) is 0 Å². The molecule has 4 aliphatic heterocycles. The molecule has 412 valence electrons. The topological polar surface area (TPSA) is 187 Å². The second kappa shape index (κ2) is 25.8. The molecule has 5 aromatic rings. The van der Waals surface area contributed by atoms with Gasteiger partial charge in [0.05, 0.1) is 81.8 Å². The van der Waals surface area contributed by atoms with Crippen LogP contribution in [-0.4, -0.2) is 125 Å². The first-order valence-electron chi connectivity index (χ1n) is 26.3. The van der Waals surface area contributed by atoms with E-state index in [1.54, 1.807) is 63.8 Å². The summed E-state index contributed by atoms with van der Waals surface area (Å²) in [5.41, 5.74) is 7.98. The van der Waals surface area contributed by atoms with Crippen LogP contribution in [0.15, 0.2) is 96.0 Å². The first-order valence-corrected chi connectivity index (χ1v) is 28.6. The summed E-state index contributed by atoms with van der Waals surface area (Å²) in [4.78, 5) is 64.4. The fourth-order valence-corrected chi connectivity index (χ4v) is 12.7. The highest BCUT2D eigenvalue weighted by Gasteiger charge is 2.39. The van der Waals surface area contributed by atoms with Crippen molar-refractivity contribution in [1.82, 2.24) is 0 Å². The van der Waals surface area contributed by atoms with Gasteiger partial charge < -0.3 is 53.4 Å². The Morgan fingerprint density at radius 2 is 1.37 bits per heavy atom. The molecule has 0 aliphatic carbocycles. The van der Waals surface area contributed by atoms with Crippen LogP contribution in [0, 0.1) is 0 Å². The molecule has 0 saturated carbocycles. The lowest BCUT2D eigenvalue weighted by Gasteiger charge is -2.27. The Balaban J connectivity index is 0.999. The van der Waals surface area contributed by atoms with Gasteiger partial charge in [0.25, 0.3) is 11.8 Å². The number of rotatable bonds is 27. The van der Waals surface area contributed by atoms with E-state index in [1.807, 2.05) is 77.8 Å². The van der Waals surface area contributed by atoms with Crippen LogP contribution in [-0.2, 0) is 49.9 Å². The van der Waals surface area contributed by atoms with Crippen LogP contribution in [0.5, 0.6) is 23.0 Å². The molecule has 0 spiro atoms. The summed E-state index contributed by atoms with van der Waals surface area (Å²) in [5, 5.41) is 12.6. The number of methoxy groups -OCH3 is 3. The Hall–Kier alpha value is -6.77. The number of hydrogen-bond acceptors (Lipinski definition) is 15. The lowest BCUT2D eigenvalue weighted by molar-refractivity contribution is -0.137. The van der Waals surface area contributed by atoms with Crippen LogP contribution in [0.1, 0.15) is 82.5 Å². The summed E-state index contributed by atoms with van der Waals surface area (Å²) in [6, 6.07) is 28.3. The summed E-state index contributed by atoms with van der Waals surface area (Å²) >= 11 is 0. The molecular formula is C59H67N5O12S2. The van der Waals surface area contributed by atoms with Gasteiger partial charge in [-0.05, 0) is 97.8 Å². The van der Waals surface area contributed by atoms with E-state index < -0.39 is 5.97 Å². The molecule has 17 nitrogen and oxygen atoms in total. The number of fused-ring (bicyclic) bond motifs is 8. The number of carboxylic acids is 1. The van der Waals surface area contributed by atoms with E-state index in [0.717, 1.165) is 28.9 Å². The van der Waals surface area contributed by atoms with E-state index in [-0.39, 0.29) is 73.8 Å². The Kier molecular flexibility index (Phi) is 18.5. The van der Waals surface area contributed by atoms with Crippen LogP contribution in [0.2, 0.25) is 0 Å². The van der Waals surface area contributed by atoms with Crippen molar-refractivity contribution in [3.8, 4) is 23.0 Å². The van der Waals surface area contributed by atoms with Gasteiger partial charge in [-0.3, -0.25) is 29.1 Å². The maximum atomic E-state index is 14.7. The maximum Gasteiger partial charge on any atom is 0.303 e. The zero-order valence-electron chi connectivity index (χ0n) is 44.7. The molecule has 3 amide bonds. The molecule has 1 unspecified atom stereocenters. The van der Waals surface area contributed by atoms with Gasteiger partial charge in [0, 0.05) is 85.4 Å². The Morgan fingerprint density at radius 3 is 2.06 bits per heavy atom. The minimum absolute atomic E-state index is 0.0326. The average molecular weight is 1100 g/mol. The number of para-hydroxylation sites is 2. The second-order valence-electron chi connectivity index (χ2n) is 20.0. The number of benzene rings is 5. The molecule has 4 aliphatic rings. The van der Waals surface area contributed by atoms with Gasteiger partial charge in [0.15, 0.2) is 23.0 Å². The van der Waals surface area contributed by atoms with Crippen molar-refractivity contribution in [2.24, 2.45) is 4.99 Å². The molecule has 4 heterocycles. The fourth-order valence-electron chi connectivity index (χ4n) is 10.1. The summed E-state index contributed by atoms with van der Waals surface area (Å²) in [6.45, 7) is 6.84. The third kappa shape index (κ3) is 13.2. The van der Waals surface area contributed by atoms with E-state index in [2.05, 4.69) is 25.2 Å². The maximum absolute atomic E-state index is 14.7. The molecule has 0 bridgehead atoms. The number of nitrogens with zero attached hydrogens (tertiary/aromatic N) is 4. The monoisotopic (exact) mass is 1100 g/mol. The summed E-state index contributed by atoms with van der Waals surface area (Å²) in [6.07, 6.45) is 4.67. The van der Waals surface area contributed by atoms with Gasteiger partial charge in [-0.2, -0.15) is 0 Å². The molecule has 0 saturated heterocycles. The van der Waals surface area contributed by atoms with Crippen molar-refractivity contribution in [1.29, 1.82) is 0 Å². The molecule has 0 aromatic heterocycles. The van der Waals surface area contributed by atoms with Crippen molar-refractivity contribution in [3.63, 3.8) is 0 Å². The van der Waals surface area contributed by atoms with Crippen molar-refractivity contribution < 1.29 is 57.4 Å². The van der Waals surface area contributed by atoms with Gasteiger partial charge in [0.2, 0.25) is 5.91 Å². The van der Waals surface area contributed by atoms with Crippen LogP contribution >= 0.6 is 21.6 Å². The lowest BCUT2D eigenvalue weighted by Crippen LogP contribution is -2.39. The molecule has 2 N–H and O–H groups in total. The van der Waals surface area contributed by atoms with E-state index in [4.69, 9.17) is 43.3 Å². The second-order valence-corrected chi connectivity index (χ2v) is 23.1. The number of aliphatic imine (C=N–C) groups is 1. The number of aliphatic carboxylic acids is 1. The molecule has 2 atom stereocenters. The summed E-state index contributed by atoms with van der Waals surface area (Å²) in [7, 11) is 7.96. The minimum atomic E-state index is -0.817. The average Bonchev–Trinajstić information content (AvgIpc) is 4.16. The van der Waals surface area contributed by atoms with Gasteiger partial charge >= 0.3 is 5.97 Å². The number of amides is 3. The summed E-state index contributed by atoms with van der Waals surface area (Å²) < 4.78 is 41.4. The van der Waals surface area contributed by atoms with Crippen molar-refractivity contribution in [3.05, 3.63) is 124 Å². The molecule has 19 heteroatoms. The van der Waals surface area contributed by atoms with E-state index in [1.165, 1.54) is 7.11 Å². The SMILES string of the molecule is COCCOCCOCCN(C(=O)CCC(C)(C)SSCCCC(=O)O)c1cc(COc2cc3c(cc2OC)C(=O)N2c4ccccc4C[C@H]2C=N3)cc(COc2cc3c(cc2OC)C(=O)N2c4ccccc4CC2CN3)c1. The highest BCUT2D eigenvalue weighted by molar-refractivity contribution is 8.77. The first-order chi connectivity index (χ1) is 37.8. The Bertz CT molecular complexity index is 3030. The van der Waals surface area contributed by atoms with Crippen LogP contribution in [0.3, 0.4) is 0 Å². The first kappa shape index (κ1) is 56.0. The Morgan fingerprint density at radius 1 is 0.744 bits per heavy atom. The largest absolute Gasteiger partial charge is 0.493 e. The fraction of sp³-hybridized carbons (Fsp3) is 0.407. The number of anilines is 4. The van der Waals surface area contributed by atoms with Crippen LogP contribution < -0.4 is 39.0 Å². The molecule has 0 radical (unpaired) electrons. The zero-order chi connectivity index (χ0) is 54.8. The van der Waals surface area contributed by atoms with Gasteiger partial charge in [-0.1, -0.05) is 58.0 Å². The number of hydrogen-bond donors (Lipinski definition) is 2. The normalized spacial score (nSPS) is 16.0. The number of carboxylic acid groups (broad SMARTS) is 1. The summed E-state index contributed by atoms with van der Waals surface area (Å²) in [5.74, 6) is 0.995. The molecule has 5 aromatic carbocycles. The third-order valence-electron chi connectivity index (χ3n) is 14.0. The molecule has 9 rings (SSSR count). The molecular weight excluding hydrogens is 1030 g/mol.